The van der Waals surface area contributed by atoms with E-state index in [0.717, 1.165) is 9.87 Å². The molecule has 0 fully saturated rings. The summed E-state index contributed by atoms with van der Waals surface area (Å²) in [5, 5.41) is 4.05. The van der Waals surface area contributed by atoms with Crippen molar-refractivity contribution in [2.24, 2.45) is 5.10 Å². The van der Waals surface area contributed by atoms with Crippen LogP contribution in [0, 0.1) is 0 Å². The summed E-state index contributed by atoms with van der Waals surface area (Å²) in [4.78, 5) is 12.1. The molecule has 126 valence electrons. The third-order valence-corrected chi connectivity index (χ3v) is 5.24. The van der Waals surface area contributed by atoms with Gasteiger partial charge in [-0.25, -0.2) is 18.1 Å². The number of amides is 1. The van der Waals surface area contributed by atoms with Gasteiger partial charge in [-0.3, -0.25) is 4.79 Å². The zero-order chi connectivity index (χ0) is 17.7. The summed E-state index contributed by atoms with van der Waals surface area (Å²) in [5.41, 5.74) is 4.30. The van der Waals surface area contributed by atoms with E-state index in [1.165, 1.54) is 26.2 Å². The number of nitrogens with one attached hydrogen (secondary N) is 1. The summed E-state index contributed by atoms with van der Waals surface area (Å²) in [7, 11) is -0.495. The maximum absolute atomic E-state index is 12.0. The Balaban J connectivity index is 2.13. The number of sulfonamides is 1. The lowest BCUT2D eigenvalue weighted by Gasteiger charge is -2.11. The van der Waals surface area contributed by atoms with E-state index < -0.39 is 10.0 Å². The quantitative estimate of drug-likeness (QED) is 0.666. The second kappa shape index (κ2) is 7.37. The molecule has 2 aromatic carbocycles. The zero-order valence-electron chi connectivity index (χ0n) is 13.7. The minimum Gasteiger partial charge on any atom is -0.267 e. The summed E-state index contributed by atoms with van der Waals surface area (Å²) >= 11 is 0. The van der Waals surface area contributed by atoms with Crippen LogP contribution in [0.1, 0.15) is 22.8 Å². The van der Waals surface area contributed by atoms with Crippen molar-refractivity contribution < 1.29 is 13.2 Å². The topological polar surface area (TPSA) is 78.8 Å². The predicted octanol–water partition coefficient (Wildman–Crippen LogP) is 2.09. The molecule has 0 aliphatic carbocycles. The van der Waals surface area contributed by atoms with E-state index in [1.54, 1.807) is 43.3 Å². The SMILES string of the molecule is C/C(=N/NC(=O)c1ccccc1)c1ccc(S(=O)(=O)N(C)C)cc1. The molecule has 2 aromatic rings. The average molecular weight is 345 g/mol. The third-order valence-electron chi connectivity index (χ3n) is 3.41. The van der Waals surface area contributed by atoms with E-state index in [4.69, 9.17) is 0 Å². The van der Waals surface area contributed by atoms with Crippen LogP contribution in [0.4, 0.5) is 0 Å². The molecule has 24 heavy (non-hydrogen) atoms. The van der Waals surface area contributed by atoms with Crippen molar-refractivity contribution >= 4 is 21.6 Å². The Bertz CT molecular complexity index is 842. The fourth-order valence-electron chi connectivity index (χ4n) is 1.93. The molecule has 0 saturated carbocycles. The molecule has 0 atom stereocenters. The minimum absolute atomic E-state index is 0.206. The molecule has 2 rings (SSSR count). The van der Waals surface area contributed by atoms with Crippen molar-refractivity contribution in [1.82, 2.24) is 9.73 Å². The van der Waals surface area contributed by atoms with Crippen LogP contribution >= 0.6 is 0 Å². The van der Waals surface area contributed by atoms with Gasteiger partial charge in [0, 0.05) is 19.7 Å². The van der Waals surface area contributed by atoms with Gasteiger partial charge in [-0.1, -0.05) is 30.3 Å². The number of nitrogens with zero attached hydrogens (tertiary/aromatic N) is 2. The Labute approximate surface area is 141 Å². The molecule has 0 heterocycles. The lowest BCUT2D eigenvalue weighted by Crippen LogP contribution is -2.22. The maximum Gasteiger partial charge on any atom is 0.271 e. The van der Waals surface area contributed by atoms with Gasteiger partial charge in [-0.05, 0) is 36.8 Å². The molecule has 0 radical (unpaired) electrons. The molecule has 0 aromatic heterocycles. The maximum atomic E-state index is 12.0. The van der Waals surface area contributed by atoms with Crippen LogP contribution in [0.15, 0.2) is 64.6 Å². The lowest BCUT2D eigenvalue weighted by molar-refractivity contribution is 0.0955. The first-order valence-electron chi connectivity index (χ1n) is 7.25. The number of carbonyl (C=O) groups excluding carboxylic acids is 1. The van der Waals surface area contributed by atoms with Gasteiger partial charge in [0.1, 0.15) is 0 Å². The summed E-state index contributed by atoms with van der Waals surface area (Å²) in [6, 6.07) is 15.1. The highest BCUT2D eigenvalue weighted by Gasteiger charge is 2.16. The van der Waals surface area contributed by atoms with E-state index in [1.807, 2.05) is 6.07 Å². The van der Waals surface area contributed by atoms with Crippen molar-refractivity contribution in [3.8, 4) is 0 Å². The van der Waals surface area contributed by atoms with Crippen LogP contribution in [0.5, 0.6) is 0 Å². The van der Waals surface area contributed by atoms with Crippen molar-refractivity contribution in [3.63, 3.8) is 0 Å². The minimum atomic E-state index is -3.46. The Kier molecular flexibility index (Phi) is 5.48. The van der Waals surface area contributed by atoms with Crippen LogP contribution in [-0.4, -0.2) is 38.4 Å². The van der Waals surface area contributed by atoms with Gasteiger partial charge in [0.05, 0.1) is 10.6 Å². The Morgan fingerprint density at radius 1 is 0.958 bits per heavy atom. The third kappa shape index (κ3) is 4.06. The van der Waals surface area contributed by atoms with Crippen molar-refractivity contribution in [1.29, 1.82) is 0 Å². The van der Waals surface area contributed by atoms with Gasteiger partial charge in [0.2, 0.25) is 10.0 Å². The summed E-state index contributed by atoms with van der Waals surface area (Å²) in [6.07, 6.45) is 0. The highest BCUT2D eigenvalue weighted by atomic mass is 32.2. The van der Waals surface area contributed by atoms with Gasteiger partial charge in [-0.15, -0.1) is 0 Å². The smallest absolute Gasteiger partial charge is 0.267 e. The van der Waals surface area contributed by atoms with Gasteiger partial charge >= 0.3 is 0 Å². The molecule has 0 unspecified atom stereocenters. The second-order valence-electron chi connectivity index (χ2n) is 5.32. The molecule has 1 amide bonds. The number of hydrogen-bond donors (Lipinski definition) is 1. The van der Waals surface area contributed by atoms with E-state index in [-0.39, 0.29) is 10.8 Å². The van der Waals surface area contributed by atoms with Gasteiger partial charge < -0.3 is 0 Å². The largest absolute Gasteiger partial charge is 0.271 e. The standard InChI is InChI=1S/C17H19N3O3S/c1-13(18-19-17(21)15-7-5-4-6-8-15)14-9-11-16(12-10-14)24(22,23)20(2)3/h4-12H,1-3H3,(H,19,21)/b18-13-. The monoisotopic (exact) mass is 345 g/mol. The molecular formula is C17H19N3O3S. The summed E-state index contributed by atoms with van der Waals surface area (Å²) in [6.45, 7) is 1.74. The first-order valence-corrected chi connectivity index (χ1v) is 8.69. The molecule has 1 N–H and O–H groups in total. The number of hydrazone groups is 1. The van der Waals surface area contributed by atoms with Crippen LogP contribution in [0.3, 0.4) is 0 Å². The second-order valence-corrected chi connectivity index (χ2v) is 7.47. The molecule has 0 aliphatic rings. The van der Waals surface area contributed by atoms with Crippen molar-refractivity contribution in [3.05, 3.63) is 65.7 Å². The average Bonchev–Trinajstić information content (AvgIpc) is 2.60. The number of carbonyl (C=O) groups is 1. The Hall–Kier alpha value is -2.51. The molecule has 0 bridgehead atoms. The zero-order valence-corrected chi connectivity index (χ0v) is 14.5. The molecule has 0 aliphatic heterocycles. The highest BCUT2D eigenvalue weighted by Crippen LogP contribution is 2.14. The number of rotatable bonds is 5. The van der Waals surface area contributed by atoms with Crippen LogP contribution in [0.25, 0.3) is 0 Å². The summed E-state index contributed by atoms with van der Waals surface area (Å²) in [5.74, 6) is -0.304. The van der Waals surface area contributed by atoms with E-state index >= 15 is 0 Å². The van der Waals surface area contributed by atoms with Gasteiger partial charge in [0.15, 0.2) is 0 Å². The normalized spacial score (nSPS) is 12.2. The van der Waals surface area contributed by atoms with Gasteiger partial charge in [-0.2, -0.15) is 5.10 Å². The molecule has 6 nitrogen and oxygen atoms in total. The predicted molar refractivity (Wildman–Crippen MR) is 93.4 cm³/mol. The Morgan fingerprint density at radius 2 is 1.54 bits per heavy atom. The first-order chi connectivity index (χ1) is 11.3. The number of benzene rings is 2. The first kappa shape index (κ1) is 17.8. The molecule has 0 saturated heterocycles. The van der Waals surface area contributed by atoms with Crippen LogP contribution in [0.2, 0.25) is 0 Å². The lowest BCUT2D eigenvalue weighted by atomic mass is 10.1. The van der Waals surface area contributed by atoms with E-state index in [2.05, 4.69) is 10.5 Å². The van der Waals surface area contributed by atoms with Crippen molar-refractivity contribution in [2.45, 2.75) is 11.8 Å². The highest BCUT2D eigenvalue weighted by molar-refractivity contribution is 7.89. The Morgan fingerprint density at radius 3 is 2.08 bits per heavy atom. The summed E-state index contributed by atoms with van der Waals surface area (Å²) < 4.78 is 25.2. The van der Waals surface area contributed by atoms with Crippen molar-refractivity contribution in [2.75, 3.05) is 14.1 Å². The van der Waals surface area contributed by atoms with Crippen LogP contribution in [-0.2, 0) is 10.0 Å². The van der Waals surface area contributed by atoms with Gasteiger partial charge in [0.25, 0.3) is 5.91 Å². The molecule has 0 spiro atoms. The number of hydrogen-bond acceptors (Lipinski definition) is 4. The van der Waals surface area contributed by atoms with E-state index in [9.17, 15) is 13.2 Å². The fraction of sp³-hybridized carbons (Fsp3) is 0.176. The molecule has 7 heteroatoms. The molecular weight excluding hydrogens is 326 g/mol. The fourth-order valence-corrected chi connectivity index (χ4v) is 2.83. The van der Waals surface area contributed by atoms with Crippen LogP contribution < -0.4 is 5.43 Å². The van der Waals surface area contributed by atoms with E-state index in [0.29, 0.717) is 11.3 Å².